The number of aromatic nitrogens is 3. The third kappa shape index (κ3) is 3.33. The Morgan fingerprint density at radius 3 is 2.50 bits per heavy atom. The van der Waals surface area contributed by atoms with Crippen LogP contribution in [-0.2, 0) is 6.54 Å². The number of nitrogens with zero attached hydrogens (tertiary/aromatic N) is 5. The van der Waals surface area contributed by atoms with Crippen LogP contribution in [0.15, 0.2) is 61.1 Å². The van der Waals surface area contributed by atoms with Crippen molar-refractivity contribution in [2.75, 3.05) is 26.7 Å². The van der Waals surface area contributed by atoms with Crippen LogP contribution in [0.25, 0.3) is 33.3 Å². The van der Waals surface area contributed by atoms with E-state index in [0.29, 0.717) is 17.7 Å². The summed E-state index contributed by atoms with van der Waals surface area (Å²) >= 11 is 0. The summed E-state index contributed by atoms with van der Waals surface area (Å²) in [4.78, 5) is 38.6. The van der Waals surface area contributed by atoms with Gasteiger partial charge in [0.05, 0.1) is 0 Å². The summed E-state index contributed by atoms with van der Waals surface area (Å²) in [5, 5.41) is 0.954. The monoisotopic (exact) mass is 477 g/mol. The van der Waals surface area contributed by atoms with Gasteiger partial charge in [-0.05, 0) is 66.1 Å². The number of hydrogen-bond acceptors (Lipinski definition) is 4. The number of fused-ring (bicyclic) bond motifs is 3. The molecule has 0 radical (unpaired) electrons. The molecule has 4 aromatic rings. The SMILES string of the molecule is CN1CCn2c(cc3c(-c4cncc(-c5ccc(C(=O)N6CCC7(CC7)C6)cc5)c4)ccnc32)C1=O. The van der Waals surface area contributed by atoms with E-state index in [0.717, 1.165) is 64.9 Å². The lowest BCUT2D eigenvalue weighted by molar-refractivity contribution is 0.0749. The van der Waals surface area contributed by atoms with Gasteiger partial charge in [0.1, 0.15) is 11.3 Å². The van der Waals surface area contributed by atoms with Crippen molar-refractivity contribution < 1.29 is 9.59 Å². The van der Waals surface area contributed by atoms with Crippen LogP contribution in [-0.4, -0.2) is 62.8 Å². The molecule has 0 bridgehead atoms. The maximum Gasteiger partial charge on any atom is 0.270 e. The zero-order chi connectivity index (χ0) is 24.4. The van der Waals surface area contributed by atoms with Crippen LogP contribution in [0.5, 0.6) is 0 Å². The van der Waals surface area contributed by atoms with Gasteiger partial charge in [0, 0.05) is 73.9 Å². The highest BCUT2D eigenvalue weighted by Crippen LogP contribution is 2.52. The third-order valence-electron chi connectivity index (χ3n) is 8.22. The van der Waals surface area contributed by atoms with Crippen LogP contribution < -0.4 is 0 Å². The molecule has 3 aromatic heterocycles. The first-order valence-corrected chi connectivity index (χ1v) is 12.6. The molecule has 3 aliphatic rings. The number of likely N-dealkylation sites (tertiary alicyclic amines) is 1. The lowest BCUT2D eigenvalue weighted by atomic mass is 10.00. The van der Waals surface area contributed by atoms with E-state index in [-0.39, 0.29) is 11.8 Å². The van der Waals surface area contributed by atoms with Gasteiger partial charge in [0.25, 0.3) is 11.8 Å². The molecule has 0 unspecified atom stereocenters. The van der Waals surface area contributed by atoms with Gasteiger partial charge in [0.2, 0.25) is 0 Å². The van der Waals surface area contributed by atoms with Crippen LogP contribution in [0.3, 0.4) is 0 Å². The molecule has 1 spiro atoms. The summed E-state index contributed by atoms with van der Waals surface area (Å²) in [6, 6.07) is 13.9. The maximum absolute atomic E-state index is 13.0. The van der Waals surface area contributed by atoms with Crippen LogP contribution >= 0.6 is 0 Å². The summed E-state index contributed by atoms with van der Waals surface area (Å²) in [5.74, 6) is 0.155. The molecule has 1 saturated carbocycles. The molecule has 0 atom stereocenters. The zero-order valence-corrected chi connectivity index (χ0v) is 20.3. The molecule has 7 heteroatoms. The molecule has 7 nitrogen and oxygen atoms in total. The van der Waals surface area contributed by atoms with Crippen molar-refractivity contribution in [3.05, 3.63) is 72.3 Å². The molecule has 7 rings (SSSR count). The number of carbonyl (C=O) groups excluding carboxylic acids is 2. The quantitative estimate of drug-likeness (QED) is 0.436. The fourth-order valence-electron chi connectivity index (χ4n) is 5.78. The van der Waals surface area contributed by atoms with Gasteiger partial charge in [-0.15, -0.1) is 0 Å². The molecule has 36 heavy (non-hydrogen) atoms. The maximum atomic E-state index is 13.0. The van der Waals surface area contributed by atoms with Crippen molar-refractivity contribution >= 4 is 22.8 Å². The Labute approximate surface area is 209 Å². The van der Waals surface area contributed by atoms with Gasteiger partial charge in [-0.3, -0.25) is 14.6 Å². The Kier molecular flexibility index (Phi) is 4.58. The van der Waals surface area contributed by atoms with E-state index in [4.69, 9.17) is 0 Å². The van der Waals surface area contributed by atoms with Gasteiger partial charge < -0.3 is 14.4 Å². The van der Waals surface area contributed by atoms with Crippen molar-refractivity contribution in [1.82, 2.24) is 24.3 Å². The van der Waals surface area contributed by atoms with Gasteiger partial charge in [-0.25, -0.2) is 4.98 Å². The average Bonchev–Trinajstić information content (AvgIpc) is 3.37. The fourth-order valence-corrected chi connectivity index (χ4v) is 5.78. The lowest BCUT2D eigenvalue weighted by Crippen LogP contribution is -2.36. The number of benzene rings is 1. The Bertz CT molecular complexity index is 1530. The number of amides is 2. The van der Waals surface area contributed by atoms with Crippen molar-refractivity contribution in [2.45, 2.75) is 25.8 Å². The first kappa shape index (κ1) is 21.3. The molecular formula is C29H27N5O2. The molecule has 180 valence electrons. The van der Waals surface area contributed by atoms with Crippen LogP contribution in [0.4, 0.5) is 0 Å². The predicted molar refractivity (Wildman–Crippen MR) is 138 cm³/mol. The topological polar surface area (TPSA) is 71.3 Å². The number of rotatable bonds is 3. The zero-order valence-electron chi connectivity index (χ0n) is 20.3. The summed E-state index contributed by atoms with van der Waals surface area (Å²) in [7, 11) is 1.83. The van der Waals surface area contributed by atoms with Crippen molar-refractivity contribution in [3.63, 3.8) is 0 Å². The molecule has 1 saturated heterocycles. The Hall–Kier alpha value is -4.00. The van der Waals surface area contributed by atoms with E-state index in [1.54, 1.807) is 11.1 Å². The van der Waals surface area contributed by atoms with Crippen molar-refractivity contribution in [1.29, 1.82) is 0 Å². The first-order chi connectivity index (χ1) is 17.5. The smallest absolute Gasteiger partial charge is 0.270 e. The predicted octanol–water partition coefficient (Wildman–Crippen LogP) is 4.48. The minimum Gasteiger partial charge on any atom is -0.339 e. The summed E-state index contributed by atoms with van der Waals surface area (Å²) in [6.07, 6.45) is 9.17. The third-order valence-corrected chi connectivity index (χ3v) is 8.22. The van der Waals surface area contributed by atoms with E-state index in [9.17, 15) is 9.59 Å². The normalized spacial score (nSPS) is 18.2. The average molecular weight is 478 g/mol. The van der Waals surface area contributed by atoms with Gasteiger partial charge in [0.15, 0.2) is 0 Å². The summed E-state index contributed by atoms with van der Waals surface area (Å²) < 4.78 is 2.01. The van der Waals surface area contributed by atoms with Crippen molar-refractivity contribution in [2.24, 2.45) is 5.41 Å². The van der Waals surface area contributed by atoms with Gasteiger partial charge in [-0.1, -0.05) is 12.1 Å². The van der Waals surface area contributed by atoms with Crippen molar-refractivity contribution in [3.8, 4) is 22.3 Å². The molecule has 1 aliphatic carbocycles. The Morgan fingerprint density at radius 2 is 1.72 bits per heavy atom. The van der Waals surface area contributed by atoms with Gasteiger partial charge >= 0.3 is 0 Å². The molecular weight excluding hydrogens is 450 g/mol. The van der Waals surface area contributed by atoms with E-state index in [1.165, 1.54) is 12.8 Å². The van der Waals surface area contributed by atoms with E-state index >= 15 is 0 Å². The highest BCUT2D eigenvalue weighted by atomic mass is 16.2. The number of pyridine rings is 2. The summed E-state index contributed by atoms with van der Waals surface area (Å²) in [5.41, 5.74) is 6.64. The van der Waals surface area contributed by atoms with Crippen LogP contribution in [0, 0.1) is 5.41 Å². The standard InChI is InChI=1S/C29H27N5O2/c1-32-12-13-34-25(28(32)36)15-24-23(6-10-31-26(24)34)22-14-21(16-30-17-22)19-2-4-20(5-3-19)27(35)33-11-9-29(18-33)7-8-29/h2-6,10,14-17H,7-9,11-13,18H2,1H3. The second-order valence-electron chi connectivity index (χ2n) is 10.5. The largest absolute Gasteiger partial charge is 0.339 e. The van der Waals surface area contributed by atoms with E-state index < -0.39 is 0 Å². The molecule has 2 amide bonds. The molecule has 5 heterocycles. The highest BCUT2D eigenvalue weighted by molar-refractivity contribution is 6.03. The Morgan fingerprint density at radius 1 is 0.917 bits per heavy atom. The lowest BCUT2D eigenvalue weighted by Gasteiger charge is -2.24. The molecule has 0 N–H and O–H groups in total. The number of hydrogen-bond donors (Lipinski definition) is 0. The Balaban J connectivity index is 1.20. The second kappa shape index (κ2) is 7.75. The van der Waals surface area contributed by atoms with Crippen LogP contribution in [0.2, 0.25) is 0 Å². The molecule has 1 aromatic carbocycles. The number of carbonyl (C=O) groups is 2. The number of likely N-dealkylation sites (N-methyl/N-ethyl adjacent to an activating group) is 1. The summed E-state index contributed by atoms with van der Waals surface area (Å²) in [6.45, 7) is 3.19. The van der Waals surface area contributed by atoms with E-state index in [1.807, 2.05) is 65.3 Å². The first-order valence-electron chi connectivity index (χ1n) is 12.6. The van der Waals surface area contributed by atoms with E-state index in [2.05, 4.69) is 16.0 Å². The minimum absolute atomic E-state index is 0.0212. The van der Waals surface area contributed by atoms with Gasteiger partial charge in [-0.2, -0.15) is 0 Å². The minimum atomic E-state index is 0.0212. The molecule has 2 aliphatic heterocycles. The highest BCUT2D eigenvalue weighted by Gasteiger charge is 2.48. The van der Waals surface area contributed by atoms with Crippen LogP contribution in [0.1, 0.15) is 40.1 Å². The fraction of sp³-hybridized carbons (Fsp3) is 0.310. The second-order valence-corrected chi connectivity index (χ2v) is 10.5. The molecule has 2 fully saturated rings.